The minimum Gasteiger partial charge on any atom is -0.345 e. The molecule has 2 rings (SSSR count). The molecule has 98 valence electrons. The minimum absolute atomic E-state index is 0.0982. The fraction of sp³-hybridized carbons (Fsp3) is 0.636. The Morgan fingerprint density at radius 1 is 1.56 bits per heavy atom. The summed E-state index contributed by atoms with van der Waals surface area (Å²) in [5.74, 6) is 0.344. The van der Waals surface area contributed by atoms with E-state index < -0.39 is 4.92 Å². The molecule has 1 fully saturated rings. The van der Waals surface area contributed by atoms with Crippen molar-refractivity contribution in [2.45, 2.75) is 45.2 Å². The van der Waals surface area contributed by atoms with E-state index >= 15 is 0 Å². The first-order valence-electron chi connectivity index (χ1n) is 5.99. The number of nitrogens with zero attached hydrogens (tertiary/aromatic N) is 4. The molecule has 0 aliphatic carbocycles. The number of hydrogen-bond donors (Lipinski definition) is 0. The van der Waals surface area contributed by atoms with Crippen LogP contribution >= 0.6 is 11.6 Å². The Morgan fingerprint density at radius 3 is 2.89 bits per heavy atom. The molecule has 0 aromatic carbocycles. The number of hydrogen-bond acceptors (Lipinski definition) is 5. The Morgan fingerprint density at radius 2 is 2.28 bits per heavy atom. The van der Waals surface area contributed by atoms with Crippen molar-refractivity contribution in [1.82, 2.24) is 9.97 Å². The van der Waals surface area contributed by atoms with Crippen molar-refractivity contribution in [1.29, 1.82) is 0 Å². The third kappa shape index (κ3) is 2.12. The van der Waals surface area contributed by atoms with Gasteiger partial charge in [-0.2, -0.15) is 0 Å². The van der Waals surface area contributed by atoms with E-state index in [0.29, 0.717) is 5.82 Å². The lowest BCUT2D eigenvalue weighted by Crippen LogP contribution is -2.35. The van der Waals surface area contributed by atoms with Crippen LogP contribution in [0.3, 0.4) is 0 Å². The van der Waals surface area contributed by atoms with Crippen LogP contribution in [0.2, 0.25) is 5.15 Å². The van der Waals surface area contributed by atoms with Crippen LogP contribution in [0.1, 0.15) is 33.1 Å². The van der Waals surface area contributed by atoms with Crippen molar-refractivity contribution >= 4 is 23.1 Å². The fourth-order valence-electron chi connectivity index (χ4n) is 2.55. The number of rotatable bonds is 3. The summed E-state index contributed by atoms with van der Waals surface area (Å²) in [6.45, 7) is 4.12. The summed E-state index contributed by atoms with van der Waals surface area (Å²) >= 11 is 5.82. The van der Waals surface area contributed by atoms with E-state index in [1.165, 1.54) is 6.33 Å². The van der Waals surface area contributed by atoms with Crippen molar-refractivity contribution in [2.24, 2.45) is 0 Å². The molecule has 18 heavy (non-hydrogen) atoms. The lowest BCUT2D eigenvalue weighted by Gasteiger charge is -2.28. The molecule has 7 heteroatoms. The summed E-state index contributed by atoms with van der Waals surface area (Å²) in [6, 6.07) is 0.518. The van der Waals surface area contributed by atoms with Crippen molar-refractivity contribution in [2.75, 3.05) is 4.90 Å². The largest absolute Gasteiger partial charge is 0.348 e. The molecule has 0 radical (unpaired) electrons. The average Bonchev–Trinajstić information content (AvgIpc) is 2.69. The monoisotopic (exact) mass is 270 g/mol. The van der Waals surface area contributed by atoms with E-state index in [9.17, 15) is 10.1 Å². The van der Waals surface area contributed by atoms with Crippen LogP contribution in [0.25, 0.3) is 0 Å². The molecule has 2 unspecified atom stereocenters. The summed E-state index contributed by atoms with van der Waals surface area (Å²) in [5.41, 5.74) is -0.189. The zero-order valence-corrected chi connectivity index (χ0v) is 11.1. The molecule has 1 aliphatic rings. The molecule has 0 spiro atoms. The minimum atomic E-state index is -0.505. The maximum Gasteiger partial charge on any atom is 0.348 e. The van der Waals surface area contributed by atoms with Gasteiger partial charge in [-0.1, -0.05) is 18.5 Å². The Labute approximate surface area is 110 Å². The Hall–Kier alpha value is -1.43. The summed E-state index contributed by atoms with van der Waals surface area (Å²) in [5, 5.41) is 11.0. The van der Waals surface area contributed by atoms with Crippen LogP contribution in [0.5, 0.6) is 0 Å². The Bertz CT molecular complexity index is 468. The molecule has 1 aliphatic heterocycles. The van der Waals surface area contributed by atoms with E-state index in [0.717, 1.165) is 19.3 Å². The number of aromatic nitrogens is 2. The van der Waals surface area contributed by atoms with E-state index in [1.807, 2.05) is 4.90 Å². The van der Waals surface area contributed by atoms with Crippen molar-refractivity contribution in [3.05, 3.63) is 21.6 Å². The van der Waals surface area contributed by atoms with Gasteiger partial charge in [-0.25, -0.2) is 9.97 Å². The molecule has 0 saturated carbocycles. The standard InChI is InChI=1S/C11H15ClN4O2/c1-3-8-5-4-7(2)15(8)11-9(16(17)18)10(12)13-6-14-11/h6-8H,3-5H2,1-2H3. The van der Waals surface area contributed by atoms with Gasteiger partial charge in [-0.15, -0.1) is 0 Å². The van der Waals surface area contributed by atoms with Gasteiger partial charge in [0, 0.05) is 12.1 Å². The summed E-state index contributed by atoms with van der Waals surface area (Å²) in [7, 11) is 0. The first-order chi connectivity index (χ1) is 8.56. The molecule has 6 nitrogen and oxygen atoms in total. The van der Waals surface area contributed by atoms with Crippen molar-refractivity contribution < 1.29 is 4.92 Å². The molecule has 0 N–H and O–H groups in total. The van der Waals surface area contributed by atoms with Gasteiger partial charge >= 0.3 is 5.69 Å². The quantitative estimate of drug-likeness (QED) is 0.480. The SMILES string of the molecule is CCC1CCC(C)N1c1ncnc(Cl)c1[N+](=O)[O-]. The third-order valence-electron chi connectivity index (χ3n) is 3.44. The van der Waals surface area contributed by atoms with Gasteiger partial charge in [-0.3, -0.25) is 10.1 Å². The van der Waals surface area contributed by atoms with Gasteiger partial charge in [0.05, 0.1) is 4.92 Å². The van der Waals surface area contributed by atoms with Gasteiger partial charge in [0.1, 0.15) is 6.33 Å². The van der Waals surface area contributed by atoms with Gasteiger partial charge in [0.25, 0.3) is 0 Å². The molecule has 0 amide bonds. The van der Waals surface area contributed by atoms with Crippen molar-refractivity contribution in [3.8, 4) is 0 Å². The van der Waals surface area contributed by atoms with Crippen LogP contribution in [0.4, 0.5) is 11.5 Å². The van der Waals surface area contributed by atoms with Crippen LogP contribution in [0, 0.1) is 10.1 Å². The molecule has 1 saturated heterocycles. The highest BCUT2D eigenvalue weighted by atomic mass is 35.5. The lowest BCUT2D eigenvalue weighted by molar-refractivity contribution is -0.384. The first kappa shape index (κ1) is 13.0. The lowest BCUT2D eigenvalue weighted by atomic mass is 10.1. The van der Waals surface area contributed by atoms with Crippen LogP contribution in [-0.2, 0) is 0 Å². The van der Waals surface area contributed by atoms with Crippen LogP contribution in [-0.4, -0.2) is 27.0 Å². The highest BCUT2D eigenvalue weighted by Crippen LogP contribution is 2.38. The van der Waals surface area contributed by atoms with Gasteiger partial charge < -0.3 is 4.90 Å². The topological polar surface area (TPSA) is 72.2 Å². The maximum atomic E-state index is 11.1. The Balaban J connectivity index is 2.50. The smallest absolute Gasteiger partial charge is 0.345 e. The second-order valence-electron chi connectivity index (χ2n) is 4.49. The zero-order valence-electron chi connectivity index (χ0n) is 10.3. The molecule has 0 bridgehead atoms. The van der Waals surface area contributed by atoms with Gasteiger partial charge in [0.2, 0.25) is 11.0 Å². The Kier molecular flexibility index (Phi) is 3.65. The van der Waals surface area contributed by atoms with Crippen LogP contribution in [0.15, 0.2) is 6.33 Å². The van der Waals surface area contributed by atoms with E-state index in [2.05, 4.69) is 23.8 Å². The van der Waals surface area contributed by atoms with E-state index in [4.69, 9.17) is 11.6 Å². The predicted octanol–water partition coefficient (Wildman–Crippen LogP) is 2.81. The number of nitro groups is 1. The second-order valence-corrected chi connectivity index (χ2v) is 4.85. The second kappa shape index (κ2) is 5.06. The first-order valence-corrected chi connectivity index (χ1v) is 6.37. The number of anilines is 1. The van der Waals surface area contributed by atoms with E-state index in [1.54, 1.807) is 0 Å². The summed E-state index contributed by atoms with van der Waals surface area (Å²) in [4.78, 5) is 20.4. The van der Waals surface area contributed by atoms with Gasteiger partial charge in [-0.05, 0) is 26.2 Å². The molecule has 1 aromatic rings. The van der Waals surface area contributed by atoms with Gasteiger partial charge in [0.15, 0.2) is 0 Å². The normalized spacial score (nSPS) is 23.4. The van der Waals surface area contributed by atoms with Crippen LogP contribution < -0.4 is 4.90 Å². The molecule has 2 atom stereocenters. The predicted molar refractivity (Wildman–Crippen MR) is 69.0 cm³/mol. The average molecular weight is 271 g/mol. The highest BCUT2D eigenvalue weighted by Gasteiger charge is 2.36. The molecular weight excluding hydrogens is 256 g/mol. The summed E-state index contributed by atoms with van der Waals surface area (Å²) < 4.78 is 0. The zero-order chi connectivity index (χ0) is 13.3. The third-order valence-corrected chi connectivity index (χ3v) is 3.72. The van der Waals surface area contributed by atoms with E-state index in [-0.39, 0.29) is 22.9 Å². The van der Waals surface area contributed by atoms with Crippen molar-refractivity contribution in [3.63, 3.8) is 0 Å². The summed E-state index contributed by atoms with van der Waals surface area (Å²) in [6.07, 6.45) is 4.25. The molecule has 1 aromatic heterocycles. The maximum absolute atomic E-state index is 11.1. The highest BCUT2D eigenvalue weighted by molar-refractivity contribution is 6.31. The molecule has 2 heterocycles. The fourth-order valence-corrected chi connectivity index (χ4v) is 2.75. The molecular formula is C11H15ClN4O2. The number of halogens is 1.